The van der Waals surface area contributed by atoms with E-state index in [-0.39, 0.29) is 59.3 Å². The molecule has 4 aromatic heterocycles. The number of aromatic amines is 1. The molecule has 7 aromatic rings. The molecule has 3 N–H and O–H groups in total. The number of nitrogens with zero attached hydrogens (tertiary/aromatic N) is 9. The number of methoxy groups -OCH3 is 1. The molecule has 1 saturated carbocycles. The topological polar surface area (TPSA) is 222 Å². The third-order valence-electron chi connectivity index (χ3n) is 16.6. The number of rotatable bonds is 10. The van der Waals surface area contributed by atoms with Gasteiger partial charge in [-0.3, -0.25) is 52.9 Å². The summed E-state index contributed by atoms with van der Waals surface area (Å²) in [5, 5.41) is 11.4. The number of H-pyrrole nitrogens is 1. The number of alkyl carbamates (subject to hydrolysis) is 1. The first-order chi connectivity index (χ1) is 37.2. The zero-order chi connectivity index (χ0) is 53.6. The van der Waals surface area contributed by atoms with Crippen LogP contribution in [0.1, 0.15) is 102 Å². The summed E-state index contributed by atoms with van der Waals surface area (Å²) in [4.78, 5) is 108. The number of piperidine rings is 2. The number of hydrogen-bond acceptors (Lipinski definition) is 12. The highest BCUT2D eigenvalue weighted by molar-refractivity contribution is 6.25. The zero-order valence-corrected chi connectivity index (χ0v) is 43.3. The Labute approximate surface area is 441 Å². The average Bonchev–Trinajstić information content (AvgIpc) is 4.47. The average molecular weight is 1050 g/mol. The molecular formula is C56H59FN12O8. The number of nitrogens with one attached hydrogen (secondary N) is 3. The van der Waals surface area contributed by atoms with Gasteiger partial charge in [-0.1, -0.05) is 18.2 Å². The van der Waals surface area contributed by atoms with Crippen LogP contribution < -0.4 is 21.2 Å². The number of piperazine rings is 1. The number of pyridine rings is 1. The van der Waals surface area contributed by atoms with Crippen molar-refractivity contribution in [1.29, 1.82) is 0 Å². The van der Waals surface area contributed by atoms with E-state index in [0.29, 0.717) is 90.4 Å². The first kappa shape index (κ1) is 49.7. The maximum atomic E-state index is 16.7. The first-order valence-electron chi connectivity index (χ1n) is 26.5. The highest BCUT2D eigenvalue weighted by Gasteiger charge is 2.46. The van der Waals surface area contributed by atoms with Gasteiger partial charge in [0.25, 0.3) is 17.7 Å². The van der Waals surface area contributed by atoms with Crippen LogP contribution >= 0.6 is 0 Å². The van der Waals surface area contributed by atoms with Crippen molar-refractivity contribution in [3.05, 3.63) is 100.0 Å². The highest BCUT2D eigenvalue weighted by atomic mass is 19.1. The number of aryl methyl sites for hydroxylation is 1. The number of amides is 6. The van der Waals surface area contributed by atoms with E-state index in [1.807, 2.05) is 39.7 Å². The van der Waals surface area contributed by atoms with Crippen molar-refractivity contribution < 1.29 is 37.9 Å². The van der Waals surface area contributed by atoms with Gasteiger partial charge in [0, 0.05) is 93.9 Å². The standard InChI is InChI=1S/C56H59FN12O8/c1-30(2)69-40-13-9-32(24-34(40)27-59-69)45-47-49-43(63(3)56(76)67(49)36-11-10-35(26-36)60-55(75)77-4)28-58-50(47)62-48(45)33-8-12-37(39(57)25-33)52(72)66-18-16-31(17-19-66)29-64-20-22-65(23-21-64)41-7-5-6-38-46(41)54(74)68(53(38)73)42-14-15-44(70)61-51(42)71/h5-9,12-13,24-25,27-28,30-31,35-36,42H,10-11,14-23,26,29H2,1-4H3,(H,58,62)(H,60,75)(H,61,70,71)/t35-,36-,42?/m1/s1. The van der Waals surface area contributed by atoms with E-state index in [1.165, 1.54) is 13.2 Å². The SMILES string of the molecule is COC(=O)N[C@@H]1CC[C@@H](n2c(=O)n(C)c3cnc4[nH]c(-c5ccc(C(=O)N6CCC(CN7CCN(c8cccc9c8C(=O)N(C8CCC(=O)NC8=O)C9=O)CC7)CC6)c(F)c5)c(-c5ccc6c(cnn6C(C)C)c5)c4c32)C1. The van der Waals surface area contributed by atoms with Gasteiger partial charge in [0.15, 0.2) is 0 Å². The predicted octanol–water partition coefficient (Wildman–Crippen LogP) is 6.15. The molecule has 0 spiro atoms. The summed E-state index contributed by atoms with van der Waals surface area (Å²) in [6, 6.07) is 14.6. The molecule has 77 heavy (non-hydrogen) atoms. The Morgan fingerprint density at radius 2 is 1.64 bits per heavy atom. The normalized spacial score (nSPS) is 20.6. The Hall–Kier alpha value is -8.20. The largest absolute Gasteiger partial charge is 0.453 e. The fourth-order valence-corrected chi connectivity index (χ4v) is 12.6. The first-order valence-corrected chi connectivity index (χ1v) is 26.5. The number of imide groups is 2. The molecule has 4 aliphatic heterocycles. The molecule has 20 nitrogen and oxygen atoms in total. The van der Waals surface area contributed by atoms with Gasteiger partial charge in [0.05, 0.1) is 69.5 Å². The molecule has 398 valence electrons. The molecule has 4 fully saturated rings. The van der Waals surface area contributed by atoms with Gasteiger partial charge >= 0.3 is 11.8 Å². The van der Waals surface area contributed by atoms with Crippen LogP contribution in [0.4, 0.5) is 14.9 Å². The minimum Gasteiger partial charge on any atom is -0.453 e. The maximum absolute atomic E-state index is 16.7. The summed E-state index contributed by atoms with van der Waals surface area (Å²) in [5.74, 6) is -2.84. The van der Waals surface area contributed by atoms with Crippen molar-refractivity contribution in [1.82, 2.24) is 54.2 Å². The molecule has 6 amide bonds. The number of fused-ring (bicyclic) bond motifs is 5. The number of aromatic nitrogens is 6. The summed E-state index contributed by atoms with van der Waals surface area (Å²) in [6.45, 7) is 8.59. The Kier molecular flexibility index (Phi) is 12.5. The number of carbonyl (C=O) groups is 6. The van der Waals surface area contributed by atoms with Crippen molar-refractivity contribution in [3.63, 3.8) is 0 Å². The number of halogens is 1. The van der Waals surface area contributed by atoms with E-state index < -0.39 is 41.6 Å². The number of ether oxygens (including phenoxy) is 1. The Morgan fingerprint density at radius 1 is 0.857 bits per heavy atom. The monoisotopic (exact) mass is 1050 g/mol. The number of likely N-dealkylation sites (tertiary alicyclic amines) is 1. The minimum absolute atomic E-state index is 0.0231. The second-order valence-corrected chi connectivity index (χ2v) is 21.4. The second-order valence-electron chi connectivity index (χ2n) is 21.4. The van der Waals surface area contributed by atoms with E-state index >= 15 is 4.39 Å². The summed E-state index contributed by atoms with van der Waals surface area (Å²) in [6.07, 6.45) is 6.44. The quantitative estimate of drug-likeness (QED) is 0.131. The van der Waals surface area contributed by atoms with Crippen LogP contribution in [-0.4, -0.2) is 144 Å². The summed E-state index contributed by atoms with van der Waals surface area (Å²) in [7, 11) is 3.05. The van der Waals surface area contributed by atoms with Gasteiger partial charge in [0.1, 0.15) is 17.5 Å². The van der Waals surface area contributed by atoms with Crippen molar-refractivity contribution in [2.75, 3.05) is 57.8 Å². The lowest BCUT2D eigenvalue weighted by Crippen LogP contribution is -2.54. The van der Waals surface area contributed by atoms with Gasteiger partial charge < -0.3 is 24.8 Å². The van der Waals surface area contributed by atoms with Crippen molar-refractivity contribution in [3.8, 4) is 22.4 Å². The molecule has 3 atom stereocenters. The number of imidazole rings is 1. The second kappa shape index (κ2) is 19.4. The number of anilines is 1. The van der Waals surface area contributed by atoms with E-state index in [1.54, 1.807) is 47.0 Å². The lowest BCUT2D eigenvalue weighted by atomic mass is 9.94. The summed E-state index contributed by atoms with van der Waals surface area (Å²) < 4.78 is 26.9. The smallest absolute Gasteiger partial charge is 0.407 e. The van der Waals surface area contributed by atoms with Gasteiger partial charge in [-0.2, -0.15) is 5.10 Å². The van der Waals surface area contributed by atoms with E-state index in [4.69, 9.17) is 9.72 Å². The van der Waals surface area contributed by atoms with Crippen LogP contribution in [0, 0.1) is 11.7 Å². The number of hydrogen-bond donors (Lipinski definition) is 3. The molecule has 8 heterocycles. The summed E-state index contributed by atoms with van der Waals surface area (Å²) in [5.41, 5.74) is 6.29. The fraction of sp³-hybridized carbons (Fsp3) is 0.411. The van der Waals surface area contributed by atoms with Crippen LogP contribution in [0.5, 0.6) is 0 Å². The van der Waals surface area contributed by atoms with Gasteiger partial charge in [-0.25, -0.2) is 19.0 Å². The van der Waals surface area contributed by atoms with E-state index in [0.717, 1.165) is 59.4 Å². The van der Waals surface area contributed by atoms with Crippen LogP contribution in [0.25, 0.3) is 55.4 Å². The van der Waals surface area contributed by atoms with Crippen LogP contribution in [-0.2, 0) is 21.4 Å². The van der Waals surface area contributed by atoms with Gasteiger partial charge in [-0.15, -0.1) is 0 Å². The molecule has 5 aliphatic rings. The highest BCUT2D eigenvalue weighted by Crippen LogP contribution is 2.44. The molecule has 3 aromatic carbocycles. The Bertz CT molecular complexity index is 3670. The molecule has 3 saturated heterocycles. The van der Waals surface area contributed by atoms with E-state index in [2.05, 4.69) is 44.4 Å². The molecule has 1 unspecified atom stereocenters. The lowest BCUT2D eigenvalue weighted by Gasteiger charge is -2.40. The van der Waals surface area contributed by atoms with E-state index in [9.17, 15) is 33.6 Å². The predicted molar refractivity (Wildman–Crippen MR) is 284 cm³/mol. The molecule has 1 aliphatic carbocycles. The minimum atomic E-state index is -1.03. The van der Waals surface area contributed by atoms with Crippen LogP contribution in [0.15, 0.2) is 71.8 Å². The maximum Gasteiger partial charge on any atom is 0.407 e. The molecular weight excluding hydrogens is 988 g/mol. The molecule has 21 heteroatoms. The summed E-state index contributed by atoms with van der Waals surface area (Å²) >= 11 is 0. The number of carbonyl (C=O) groups excluding carboxylic acids is 6. The third-order valence-corrected chi connectivity index (χ3v) is 16.6. The Morgan fingerprint density at radius 3 is 2.38 bits per heavy atom. The van der Waals surface area contributed by atoms with Crippen molar-refractivity contribution in [2.45, 2.75) is 83.0 Å². The molecule has 0 radical (unpaired) electrons. The van der Waals surface area contributed by atoms with Crippen molar-refractivity contribution >= 4 is 74.3 Å². The fourth-order valence-electron chi connectivity index (χ4n) is 12.6. The van der Waals surface area contributed by atoms with Gasteiger partial charge in [-0.05, 0) is 100 Å². The van der Waals surface area contributed by atoms with Gasteiger partial charge in [0.2, 0.25) is 11.8 Å². The van der Waals surface area contributed by atoms with Crippen LogP contribution in [0.3, 0.4) is 0 Å². The Balaban J connectivity index is 0.761. The van der Waals surface area contributed by atoms with Crippen LogP contribution in [0.2, 0.25) is 0 Å². The molecule has 12 rings (SSSR count). The number of benzene rings is 3. The lowest BCUT2D eigenvalue weighted by molar-refractivity contribution is -0.136. The zero-order valence-electron chi connectivity index (χ0n) is 43.3. The van der Waals surface area contributed by atoms with Crippen molar-refractivity contribution in [2.24, 2.45) is 13.0 Å². The molecule has 0 bridgehead atoms. The third kappa shape index (κ3) is 8.50.